The van der Waals surface area contributed by atoms with Crippen LogP contribution in [-0.4, -0.2) is 16.9 Å². The van der Waals surface area contributed by atoms with Crippen molar-refractivity contribution in [2.75, 3.05) is 0 Å². The van der Waals surface area contributed by atoms with Gasteiger partial charge in [-0.05, 0) is 18.2 Å². The van der Waals surface area contributed by atoms with E-state index >= 15 is 0 Å². The molecular formula is C16H19N3O2. The van der Waals surface area contributed by atoms with Gasteiger partial charge >= 0.3 is 0 Å². The number of nitrogens with zero attached hydrogens (tertiary/aromatic N) is 1. The Kier molecular flexibility index (Phi) is 4.90. The number of primary amides is 1. The lowest BCUT2D eigenvalue weighted by Gasteiger charge is -2.13. The quantitative estimate of drug-likeness (QED) is 0.854. The number of benzene rings is 1. The molecule has 0 spiro atoms. The lowest BCUT2D eigenvalue weighted by molar-refractivity contribution is 0.0998. The molecule has 5 nitrogen and oxygen atoms in total. The van der Waals surface area contributed by atoms with Gasteiger partial charge in [0.1, 0.15) is 5.75 Å². The predicted molar refractivity (Wildman–Crippen MR) is 81.2 cm³/mol. The Balaban J connectivity index is 2.26. The van der Waals surface area contributed by atoms with Crippen molar-refractivity contribution in [2.24, 2.45) is 5.73 Å². The first-order valence-corrected chi connectivity index (χ1v) is 6.82. The largest absolute Gasteiger partial charge is 0.438 e. The number of nitrogens with one attached hydrogen (secondary N) is 1. The van der Waals surface area contributed by atoms with Gasteiger partial charge in [-0.15, -0.1) is 0 Å². The average molecular weight is 285 g/mol. The first-order valence-electron chi connectivity index (χ1n) is 6.82. The van der Waals surface area contributed by atoms with Crippen molar-refractivity contribution in [3.63, 3.8) is 0 Å². The minimum Gasteiger partial charge on any atom is -0.438 e. The van der Waals surface area contributed by atoms with E-state index in [0.29, 0.717) is 29.8 Å². The third kappa shape index (κ3) is 4.03. The summed E-state index contributed by atoms with van der Waals surface area (Å²) in [6, 6.07) is 11.0. The second kappa shape index (κ2) is 6.85. The smallest absolute Gasteiger partial charge is 0.252 e. The summed E-state index contributed by atoms with van der Waals surface area (Å²) in [5.41, 5.74) is 6.61. The van der Waals surface area contributed by atoms with E-state index in [1.54, 1.807) is 30.5 Å². The van der Waals surface area contributed by atoms with Gasteiger partial charge in [0.2, 0.25) is 5.88 Å². The molecule has 0 saturated carbocycles. The van der Waals surface area contributed by atoms with Crippen molar-refractivity contribution in [2.45, 2.75) is 26.4 Å². The molecule has 0 atom stereocenters. The number of pyridine rings is 1. The van der Waals surface area contributed by atoms with Crippen LogP contribution in [0.5, 0.6) is 11.6 Å². The fraction of sp³-hybridized carbons (Fsp3) is 0.250. The molecule has 1 aromatic carbocycles. The summed E-state index contributed by atoms with van der Waals surface area (Å²) in [6.45, 7) is 4.78. The van der Waals surface area contributed by atoms with Crippen molar-refractivity contribution in [3.8, 4) is 11.6 Å². The van der Waals surface area contributed by atoms with Crippen LogP contribution in [0, 0.1) is 0 Å². The van der Waals surface area contributed by atoms with Gasteiger partial charge in [-0.3, -0.25) is 4.79 Å². The van der Waals surface area contributed by atoms with E-state index < -0.39 is 5.91 Å². The lowest BCUT2D eigenvalue weighted by Crippen LogP contribution is -2.22. The normalized spacial score (nSPS) is 10.6. The molecule has 1 heterocycles. The number of rotatable bonds is 6. The first kappa shape index (κ1) is 15.0. The van der Waals surface area contributed by atoms with Gasteiger partial charge in [0.25, 0.3) is 5.91 Å². The van der Waals surface area contributed by atoms with E-state index in [-0.39, 0.29) is 0 Å². The number of hydrogen-bond acceptors (Lipinski definition) is 4. The van der Waals surface area contributed by atoms with Gasteiger partial charge in [0.15, 0.2) is 0 Å². The molecule has 0 unspecified atom stereocenters. The molecule has 2 rings (SSSR count). The lowest BCUT2D eigenvalue weighted by atomic mass is 10.2. The van der Waals surface area contributed by atoms with Crippen molar-refractivity contribution in [1.82, 2.24) is 10.3 Å². The number of amides is 1. The zero-order valence-electron chi connectivity index (χ0n) is 12.2. The zero-order chi connectivity index (χ0) is 15.2. The van der Waals surface area contributed by atoms with Crippen LogP contribution in [0.4, 0.5) is 0 Å². The molecular weight excluding hydrogens is 266 g/mol. The Labute approximate surface area is 124 Å². The standard InChI is InChI=1S/C16H19N3O2/c1-11(2)19-10-12-6-5-9-18-16(12)21-14-8-4-3-7-13(14)15(17)20/h3-9,11,19H,10H2,1-2H3,(H2,17,20). The Morgan fingerprint density at radius 2 is 2.05 bits per heavy atom. The van der Waals surface area contributed by atoms with Crippen LogP contribution in [0.15, 0.2) is 42.6 Å². The van der Waals surface area contributed by atoms with Gasteiger partial charge in [-0.25, -0.2) is 4.98 Å². The van der Waals surface area contributed by atoms with E-state index in [1.807, 2.05) is 12.1 Å². The molecule has 21 heavy (non-hydrogen) atoms. The molecule has 3 N–H and O–H groups in total. The number of hydrogen-bond donors (Lipinski definition) is 2. The van der Waals surface area contributed by atoms with Crippen LogP contribution < -0.4 is 15.8 Å². The molecule has 110 valence electrons. The number of carbonyl (C=O) groups excluding carboxylic acids is 1. The predicted octanol–water partition coefficient (Wildman–Crippen LogP) is 2.47. The number of nitrogens with two attached hydrogens (primary N) is 1. The highest BCUT2D eigenvalue weighted by Crippen LogP contribution is 2.26. The Hall–Kier alpha value is -2.40. The van der Waals surface area contributed by atoms with E-state index in [4.69, 9.17) is 10.5 Å². The van der Waals surface area contributed by atoms with Crippen LogP contribution in [0.3, 0.4) is 0 Å². The SMILES string of the molecule is CC(C)NCc1cccnc1Oc1ccccc1C(N)=O. The Bertz CT molecular complexity index is 626. The molecule has 1 aromatic heterocycles. The average Bonchev–Trinajstić information content (AvgIpc) is 2.46. The Morgan fingerprint density at radius 3 is 2.76 bits per heavy atom. The van der Waals surface area contributed by atoms with E-state index in [2.05, 4.69) is 24.1 Å². The molecule has 0 aliphatic heterocycles. The maximum absolute atomic E-state index is 11.4. The summed E-state index contributed by atoms with van der Waals surface area (Å²) in [6.07, 6.45) is 1.65. The van der Waals surface area contributed by atoms with Crippen molar-refractivity contribution in [1.29, 1.82) is 0 Å². The van der Waals surface area contributed by atoms with E-state index in [9.17, 15) is 4.79 Å². The molecule has 1 amide bonds. The van der Waals surface area contributed by atoms with E-state index in [0.717, 1.165) is 5.56 Å². The fourth-order valence-corrected chi connectivity index (χ4v) is 1.83. The molecule has 0 radical (unpaired) electrons. The highest BCUT2D eigenvalue weighted by atomic mass is 16.5. The minimum absolute atomic E-state index is 0.339. The van der Waals surface area contributed by atoms with Crippen LogP contribution >= 0.6 is 0 Å². The summed E-state index contributed by atoms with van der Waals surface area (Å²) >= 11 is 0. The van der Waals surface area contributed by atoms with Gasteiger partial charge < -0.3 is 15.8 Å². The van der Waals surface area contributed by atoms with Crippen LogP contribution in [-0.2, 0) is 6.54 Å². The molecule has 0 aliphatic rings. The van der Waals surface area contributed by atoms with Crippen LogP contribution in [0.2, 0.25) is 0 Å². The maximum atomic E-state index is 11.4. The van der Waals surface area contributed by atoms with Gasteiger partial charge in [0.05, 0.1) is 5.56 Å². The van der Waals surface area contributed by atoms with Gasteiger partial charge in [-0.1, -0.05) is 32.0 Å². The monoisotopic (exact) mass is 285 g/mol. The number of aromatic nitrogens is 1. The molecule has 0 aliphatic carbocycles. The second-order valence-electron chi connectivity index (χ2n) is 4.97. The second-order valence-corrected chi connectivity index (χ2v) is 4.97. The highest BCUT2D eigenvalue weighted by molar-refractivity contribution is 5.95. The number of carbonyl (C=O) groups is 1. The van der Waals surface area contributed by atoms with Crippen LogP contribution in [0.1, 0.15) is 29.8 Å². The summed E-state index contributed by atoms with van der Waals surface area (Å²) < 4.78 is 5.78. The topological polar surface area (TPSA) is 77.2 Å². The van der Waals surface area contributed by atoms with Crippen LogP contribution in [0.25, 0.3) is 0 Å². The molecule has 0 fully saturated rings. The maximum Gasteiger partial charge on any atom is 0.252 e. The summed E-state index contributed by atoms with van der Waals surface area (Å²) in [7, 11) is 0. The third-order valence-electron chi connectivity index (χ3n) is 2.91. The van der Waals surface area contributed by atoms with Crippen molar-refractivity contribution in [3.05, 3.63) is 53.7 Å². The summed E-state index contributed by atoms with van der Waals surface area (Å²) in [5.74, 6) is 0.359. The summed E-state index contributed by atoms with van der Waals surface area (Å²) in [4.78, 5) is 15.7. The number of para-hydroxylation sites is 1. The highest BCUT2D eigenvalue weighted by Gasteiger charge is 2.12. The summed E-state index contributed by atoms with van der Waals surface area (Å²) in [5, 5.41) is 3.31. The van der Waals surface area contributed by atoms with Gasteiger partial charge in [0, 0.05) is 24.3 Å². The fourth-order valence-electron chi connectivity index (χ4n) is 1.83. The Morgan fingerprint density at radius 1 is 1.29 bits per heavy atom. The first-order chi connectivity index (χ1) is 10.1. The number of ether oxygens (including phenoxy) is 1. The molecule has 2 aromatic rings. The minimum atomic E-state index is -0.525. The third-order valence-corrected chi connectivity index (χ3v) is 2.91. The van der Waals surface area contributed by atoms with Gasteiger partial charge in [-0.2, -0.15) is 0 Å². The molecule has 5 heteroatoms. The molecule has 0 saturated heterocycles. The van der Waals surface area contributed by atoms with Crippen molar-refractivity contribution < 1.29 is 9.53 Å². The molecule has 0 bridgehead atoms. The zero-order valence-corrected chi connectivity index (χ0v) is 12.2. The van der Waals surface area contributed by atoms with Crippen molar-refractivity contribution >= 4 is 5.91 Å². The van der Waals surface area contributed by atoms with E-state index in [1.165, 1.54) is 0 Å².